The third kappa shape index (κ3) is 5.04. The van der Waals surface area contributed by atoms with E-state index < -0.39 is 28.8 Å². The van der Waals surface area contributed by atoms with E-state index in [2.05, 4.69) is 10.3 Å². The molecule has 1 amide bonds. The summed E-state index contributed by atoms with van der Waals surface area (Å²) in [5.74, 6) is -2.63. The molecule has 1 N–H and O–H groups in total. The van der Waals surface area contributed by atoms with E-state index in [4.69, 9.17) is 4.74 Å². The number of hydrogen-bond acceptors (Lipinski definition) is 6. The molecule has 6 nitrogen and oxygen atoms in total. The van der Waals surface area contributed by atoms with Gasteiger partial charge in [0.1, 0.15) is 22.7 Å². The highest BCUT2D eigenvalue weighted by atomic mass is 32.2. The van der Waals surface area contributed by atoms with Gasteiger partial charge >= 0.3 is 5.97 Å². The number of aromatic nitrogens is 1. The number of aryl methyl sites for hydroxylation is 1. The number of ether oxygens (including phenoxy) is 1. The van der Waals surface area contributed by atoms with Gasteiger partial charge in [-0.05, 0) is 39.0 Å². The summed E-state index contributed by atoms with van der Waals surface area (Å²) >= 11 is 0.966. The van der Waals surface area contributed by atoms with Gasteiger partial charge in [-0.2, -0.15) is 5.26 Å². The fourth-order valence-electron chi connectivity index (χ4n) is 2.22. The summed E-state index contributed by atoms with van der Waals surface area (Å²) in [6.07, 6.45) is 0. The molecule has 1 aromatic heterocycles. The maximum Gasteiger partial charge on any atom is 0.340 e. The molecule has 0 aliphatic carbocycles. The Labute approximate surface area is 164 Å². The Balaban J connectivity index is 2.21. The van der Waals surface area contributed by atoms with Gasteiger partial charge in [0.25, 0.3) is 0 Å². The SMILES string of the molecule is CCOC(=O)c1cc(C#N)c(S[C@@H](C)C(=O)Nc2cc(F)ccc2F)nc1C. The molecular formula is C19H17F2N3O3S. The van der Waals surface area contributed by atoms with Crippen LogP contribution in [0.15, 0.2) is 29.3 Å². The molecule has 0 bridgehead atoms. The van der Waals surface area contributed by atoms with Crippen molar-refractivity contribution in [3.05, 3.63) is 52.7 Å². The van der Waals surface area contributed by atoms with Crippen LogP contribution in [0.5, 0.6) is 0 Å². The Morgan fingerprint density at radius 2 is 2.07 bits per heavy atom. The molecular weight excluding hydrogens is 388 g/mol. The summed E-state index contributed by atoms with van der Waals surface area (Å²) in [5.41, 5.74) is 0.348. The first-order valence-electron chi connectivity index (χ1n) is 8.28. The molecule has 1 atom stereocenters. The second-order valence-corrected chi connectivity index (χ2v) is 7.01. The first kappa shape index (κ1) is 21.3. The number of nitriles is 1. The maximum atomic E-state index is 13.7. The van der Waals surface area contributed by atoms with Crippen molar-refractivity contribution in [1.29, 1.82) is 5.26 Å². The Morgan fingerprint density at radius 3 is 2.71 bits per heavy atom. The zero-order chi connectivity index (χ0) is 20.8. The summed E-state index contributed by atoms with van der Waals surface area (Å²) in [6.45, 7) is 4.97. The van der Waals surface area contributed by atoms with Gasteiger partial charge in [0.2, 0.25) is 5.91 Å². The van der Waals surface area contributed by atoms with Crippen LogP contribution in [0.4, 0.5) is 14.5 Å². The maximum absolute atomic E-state index is 13.7. The third-order valence-corrected chi connectivity index (χ3v) is 4.74. The van der Waals surface area contributed by atoms with Crippen LogP contribution < -0.4 is 5.32 Å². The minimum atomic E-state index is -0.768. The van der Waals surface area contributed by atoms with E-state index in [9.17, 15) is 23.6 Å². The quantitative estimate of drug-likeness (QED) is 0.580. The number of carbonyl (C=O) groups excluding carboxylic acids is 2. The number of thioether (sulfide) groups is 1. The molecule has 0 radical (unpaired) electrons. The van der Waals surface area contributed by atoms with Crippen molar-refractivity contribution in [2.45, 2.75) is 31.0 Å². The topological polar surface area (TPSA) is 92.1 Å². The lowest BCUT2D eigenvalue weighted by molar-refractivity contribution is -0.115. The van der Waals surface area contributed by atoms with Gasteiger partial charge in [-0.3, -0.25) is 4.79 Å². The average molecular weight is 405 g/mol. The van der Waals surface area contributed by atoms with E-state index in [1.165, 1.54) is 13.0 Å². The minimum Gasteiger partial charge on any atom is -0.462 e. The predicted octanol–water partition coefficient (Wildman–Crippen LogP) is 3.84. The van der Waals surface area contributed by atoms with Gasteiger partial charge in [-0.1, -0.05) is 11.8 Å². The number of carbonyl (C=O) groups is 2. The predicted molar refractivity (Wildman–Crippen MR) is 100.0 cm³/mol. The molecule has 0 fully saturated rings. The number of benzene rings is 1. The molecule has 28 heavy (non-hydrogen) atoms. The highest BCUT2D eigenvalue weighted by Crippen LogP contribution is 2.28. The lowest BCUT2D eigenvalue weighted by Gasteiger charge is -2.14. The molecule has 146 valence electrons. The Morgan fingerprint density at radius 1 is 1.36 bits per heavy atom. The van der Waals surface area contributed by atoms with Gasteiger partial charge < -0.3 is 10.1 Å². The van der Waals surface area contributed by atoms with Crippen LogP contribution in [0.2, 0.25) is 0 Å². The molecule has 0 saturated heterocycles. The standard InChI is InChI=1S/C19H17F2N3O3S/c1-4-27-19(26)14-7-12(9-22)18(23-10(14)2)28-11(3)17(25)24-16-8-13(20)5-6-15(16)21/h5-8,11H,4H2,1-3H3,(H,24,25)/t11-/m0/s1. The van der Waals surface area contributed by atoms with Crippen molar-refractivity contribution in [3.8, 4) is 6.07 Å². The van der Waals surface area contributed by atoms with Crippen LogP contribution in [0.25, 0.3) is 0 Å². The van der Waals surface area contributed by atoms with E-state index in [0.717, 1.165) is 30.0 Å². The number of nitrogens with one attached hydrogen (secondary N) is 1. The lowest BCUT2D eigenvalue weighted by Crippen LogP contribution is -2.23. The summed E-state index contributed by atoms with van der Waals surface area (Å²) in [5, 5.41) is 11.1. The van der Waals surface area contributed by atoms with Gasteiger partial charge in [0.05, 0.1) is 34.4 Å². The fourth-order valence-corrected chi connectivity index (χ4v) is 3.14. The third-order valence-electron chi connectivity index (χ3n) is 3.64. The first-order valence-corrected chi connectivity index (χ1v) is 9.16. The van der Waals surface area contributed by atoms with Crippen molar-refractivity contribution in [2.75, 3.05) is 11.9 Å². The number of pyridine rings is 1. The monoisotopic (exact) mass is 405 g/mol. The van der Waals surface area contributed by atoms with E-state index in [-0.39, 0.29) is 28.4 Å². The van der Waals surface area contributed by atoms with Gasteiger partial charge in [0, 0.05) is 6.07 Å². The Hall–Kier alpha value is -2.99. The molecule has 1 aromatic carbocycles. The summed E-state index contributed by atoms with van der Waals surface area (Å²) < 4.78 is 31.9. The van der Waals surface area contributed by atoms with Crippen LogP contribution in [0.3, 0.4) is 0 Å². The molecule has 0 saturated carbocycles. The van der Waals surface area contributed by atoms with Gasteiger partial charge in [-0.25, -0.2) is 18.6 Å². The number of esters is 1. The minimum absolute atomic E-state index is 0.107. The largest absolute Gasteiger partial charge is 0.462 e. The van der Waals surface area contributed by atoms with Crippen molar-refractivity contribution < 1.29 is 23.1 Å². The highest BCUT2D eigenvalue weighted by Gasteiger charge is 2.21. The van der Waals surface area contributed by atoms with E-state index in [1.807, 2.05) is 6.07 Å². The Bertz CT molecular complexity index is 960. The highest BCUT2D eigenvalue weighted by molar-refractivity contribution is 8.00. The summed E-state index contributed by atoms with van der Waals surface area (Å²) in [4.78, 5) is 28.5. The number of amides is 1. The molecule has 0 aliphatic heterocycles. The second kappa shape index (κ2) is 9.28. The molecule has 2 aromatic rings. The summed E-state index contributed by atoms with van der Waals surface area (Å²) in [6, 6.07) is 6.03. The van der Waals surface area contributed by atoms with Crippen molar-refractivity contribution >= 4 is 29.3 Å². The van der Waals surface area contributed by atoms with E-state index in [1.54, 1.807) is 13.8 Å². The van der Waals surface area contributed by atoms with Gasteiger partial charge in [0.15, 0.2) is 0 Å². The van der Waals surface area contributed by atoms with Crippen LogP contribution in [-0.4, -0.2) is 28.7 Å². The summed E-state index contributed by atoms with van der Waals surface area (Å²) in [7, 11) is 0. The molecule has 0 unspecified atom stereocenters. The number of nitrogens with zero attached hydrogens (tertiary/aromatic N) is 2. The van der Waals surface area contributed by atoms with Crippen LogP contribution in [0.1, 0.15) is 35.5 Å². The molecule has 9 heteroatoms. The number of rotatable bonds is 6. The van der Waals surface area contributed by atoms with Crippen LogP contribution in [-0.2, 0) is 9.53 Å². The molecule has 0 spiro atoms. The van der Waals surface area contributed by atoms with Crippen molar-refractivity contribution in [3.63, 3.8) is 0 Å². The Kier molecular flexibility index (Phi) is 7.06. The number of anilines is 1. The van der Waals surface area contributed by atoms with Crippen LogP contribution in [0, 0.1) is 29.9 Å². The zero-order valence-electron chi connectivity index (χ0n) is 15.4. The average Bonchev–Trinajstić information content (AvgIpc) is 2.65. The van der Waals surface area contributed by atoms with E-state index in [0.29, 0.717) is 5.69 Å². The van der Waals surface area contributed by atoms with Crippen molar-refractivity contribution in [1.82, 2.24) is 4.98 Å². The second-order valence-electron chi connectivity index (χ2n) is 5.68. The molecule has 2 rings (SSSR count). The number of hydrogen-bond donors (Lipinski definition) is 1. The molecule has 0 aliphatic rings. The van der Waals surface area contributed by atoms with E-state index >= 15 is 0 Å². The number of halogens is 2. The lowest BCUT2D eigenvalue weighted by atomic mass is 10.1. The first-order chi connectivity index (χ1) is 13.3. The van der Waals surface area contributed by atoms with Crippen LogP contribution >= 0.6 is 11.8 Å². The smallest absolute Gasteiger partial charge is 0.340 e. The van der Waals surface area contributed by atoms with Crippen molar-refractivity contribution in [2.24, 2.45) is 0 Å². The van der Waals surface area contributed by atoms with Gasteiger partial charge in [-0.15, -0.1) is 0 Å². The zero-order valence-corrected chi connectivity index (χ0v) is 16.2. The normalized spacial score (nSPS) is 11.4. The fraction of sp³-hybridized carbons (Fsp3) is 0.263. The molecule has 1 heterocycles.